The van der Waals surface area contributed by atoms with Crippen LogP contribution in [0.25, 0.3) is 64.7 Å². The number of hydrogen-bond donors (Lipinski definition) is 0. The Hall–Kier alpha value is -7.00. The third-order valence-electron chi connectivity index (χ3n) is 12.3. The van der Waals surface area contributed by atoms with Crippen molar-refractivity contribution >= 4 is 48.6 Å². The number of hydrogen-bond acceptors (Lipinski definition) is 2. The molecule has 1 spiro atoms. The lowest BCUT2D eigenvalue weighted by atomic mass is 9.70. The first-order valence-corrected chi connectivity index (χ1v) is 20.5. The normalized spacial score (nSPS) is 14.7. The molecular weight excluding hydrogens is 707 g/mol. The van der Waals surface area contributed by atoms with Crippen molar-refractivity contribution in [2.75, 3.05) is 4.90 Å². The second-order valence-electron chi connectivity index (χ2n) is 15.2. The Balaban J connectivity index is 1.18. The third kappa shape index (κ3) is 4.62. The molecule has 0 saturated carbocycles. The van der Waals surface area contributed by atoms with Crippen LogP contribution in [0.4, 0.5) is 17.1 Å². The summed E-state index contributed by atoms with van der Waals surface area (Å²) in [6.45, 7) is 0. The summed E-state index contributed by atoms with van der Waals surface area (Å²) < 4.78 is 2.70. The van der Waals surface area contributed by atoms with E-state index in [2.05, 4.69) is 217 Å². The van der Waals surface area contributed by atoms with E-state index >= 15 is 0 Å². The molecule has 2 heteroatoms. The molecule has 2 aliphatic rings. The van der Waals surface area contributed by atoms with Gasteiger partial charge in [-0.25, -0.2) is 0 Å². The number of nitrogens with zero attached hydrogens (tertiary/aromatic N) is 1. The van der Waals surface area contributed by atoms with Crippen LogP contribution >= 0.6 is 11.3 Å². The summed E-state index contributed by atoms with van der Waals surface area (Å²) in [6, 6.07) is 78.6. The largest absolute Gasteiger partial charge is 0.310 e. The molecule has 1 heterocycles. The molecule has 1 unspecified atom stereocenters. The standard InChI is InChI=1S/C55H35NS/c1-4-16-36(17-5-1)38-28-30-42-43-31-29-40(56(39-20-8-3-9-21-39)51-26-14-11-22-41(51)37-18-6-2-7-19-37)35-50(43)55(49(42)34-38)47-25-13-10-24-46(47)53-48(55)33-32-45-44-23-12-15-27-52(44)57-54(45)53/h1-35H. The highest BCUT2D eigenvalue weighted by molar-refractivity contribution is 7.26. The predicted molar refractivity (Wildman–Crippen MR) is 241 cm³/mol. The van der Waals surface area contributed by atoms with E-state index < -0.39 is 5.41 Å². The second-order valence-corrected chi connectivity index (χ2v) is 16.2. The Labute approximate surface area is 336 Å². The van der Waals surface area contributed by atoms with Crippen LogP contribution in [-0.4, -0.2) is 0 Å². The summed E-state index contributed by atoms with van der Waals surface area (Å²) >= 11 is 1.93. The van der Waals surface area contributed by atoms with Gasteiger partial charge in [0.05, 0.1) is 11.1 Å². The zero-order chi connectivity index (χ0) is 37.5. The number of benzene rings is 9. The van der Waals surface area contributed by atoms with Crippen LogP contribution in [0.1, 0.15) is 22.3 Å². The van der Waals surface area contributed by atoms with Crippen molar-refractivity contribution in [2.24, 2.45) is 0 Å². The minimum Gasteiger partial charge on any atom is -0.310 e. The van der Waals surface area contributed by atoms with E-state index in [0.717, 1.165) is 17.1 Å². The topological polar surface area (TPSA) is 3.24 Å². The minimum atomic E-state index is -0.525. The Morgan fingerprint density at radius 1 is 0.351 bits per heavy atom. The van der Waals surface area contributed by atoms with E-state index in [9.17, 15) is 0 Å². The van der Waals surface area contributed by atoms with Gasteiger partial charge in [0, 0.05) is 42.7 Å². The molecule has 10 aromatic rings. The summed E-state index contributed by atoms with van der Waals surface area (Å²) in [5, 5.41) is 2.66. The molecule has 0 N–H and O–H groups in total. The van der Waals surface area contributed by atoms with Crippen LogP contribution in [0.15, 0.2) is 212 Å². The van der Waals surface area contributed by atoms with Crippen molar-refractivity contribution in [1.82, 2.24) is 0 Å². The highest BCUT2D eigenvalue weighted by atomic mass is 32.1. The highest BCUT2D eigenvalue weighted by Crippen LogP contribution is 2.65. The van der Waals surface area contributed by atoms with Gasteiger partial charge in [0.1, 0.15) is 0 Å². The molecule has 0 fully saturated rings. The third-order valence-corrected chi connectivity index (χ3v) is 13.5. The van der Waals surface area contributed by atoms with Gasteiger partial charge in [-0.1, -0.05) is 170 Å². The molecule has 1 aromatic heterocycles. The Kier molecular flexibility index (Phi) is 7.08. The zero-order valence-electron chi connectivity index (χ0n) is 31.1. The van der Waals surface area contributed by atoms with Crippen molar-refractivity contribution in [2.45, 2.75) is 5.41 Å². The molecule has 0 saturated heterocycles. The fourth-order valence-electron chi connectivity index (χ4n) is 9.92. The second kappa shape index (κ2) is 12.5. The molecule has 2 aliphatic carbocycles. The number of anilines is 3. The van der Waals surface area contributed by atoms with Crippen molar-refractivity contribution in [1.29, 1.82) is 0 Å². The van der Waals surface area contributed by atoms with Crippen molar-refractivity contribution in [3.8, 4) is 44.5 Å². The number of fused-ring (bicyclic) bond motifs is 14. The van der Waals surface area contributed by atoms with Gasteiger partial charge in [0.2, 0.25) is 0 Å². The van der Waals surface area contributed by atoms with Crippen LogP contribution in [0.2, 0.25) is 0 Å². The lowest BCUT2D eigenvalue weighted by Crippen LogP contribution is -2.26. The lowest BCUT2D eigenvalue weighted by molar-refractivity contribution is 0.794. The average molecular weight is 742 g/mol. The van der Waals surface area contributed by atoms with Gasteiger partial charge < -0.3 is 4.90 Å². The molecule has 266 valence electrons. The summed E-state index contributed by atoms with van der Waals surface area (Å²) in [6.07, 6.45) is 0. The fourth-order valence-corrected chi connectivity index (χ4v) is 11.2. The van der Waals surface area contributed by atoms with Crippen LogP contribution in [0.3, 0.4) is 0 Å². The Morgan fingerprint density at radius 2 is 0.982 bits per heavy atom. The van der Waals surface area contributed by atoms with E-state index in [0.29, 0.717) is 0 Å². The molecule has 0 amide bonds. The SMILES string of the molecule is c1ccc(-c2ccc3c(c2)C2(c4cc(N(c5ccccc5)c5ccccc5-c5ccccc5)ccc4-3)c3ccccc3-c3c2ccc2c3sc3ccccc32)cc1. The average Bonchev–Trinajstić information content (AvgIpc) is 3.91. The van der Waals surface area contributed by atoms with Gasteiger partial charge in [-0.15, -0.1) is 11.3 Å². The van der Waals surface area contributed by atoms with Crippen LogP contribution in [0, 0.1) is 0 Å². The molecule has 57 heavy (non-hydrogen) atoms. The summed E-state index contributed by atoms with van der Waals surface area (Å²) in [5.74, 6) is 0. The summed E-state index contributed by atoms with van der Waals surface area (Å²) in [5.41, 5.74) is 18.4. The quantitative estimate of drug-likeness (QED) is 0.170. The van der Waals surface area contributed by atoms with Crippen LogP contribution in [0.5, 0.6) is 0 Å². The minimum absolute atomic E-state index is 0.525. The molecule has 1 atom stereocenters. The van der Waals surface area contributed by atoms with E-state index in [1.807, 2.05) is 11.3 Å². The van der Waals surface area contributed by atoms with Gasteiger partial charge in [-0.2, -0.15) is 0 Å². The molecule has 0 radical (unpaired) electrons. The summed E-state index contributed by atoms with van der Waals surface area (Å²) in [7, 11) is 0. The van der Waals surface area contributed by atoms with Crippen LogP contribution < -0.4 is 4.90 Å². The molecule has 12 rings (SSSR count). The van der Waals surface area contributed by atoms with E-state index in [1.54, 1.807) is 0 Å². The Bertz CT molecular complexity index is 3180. The van der Waals surface area contributed by atoms with E-state index in [4.69, 9.17) is 0 Å². The molecule has 9 aromatic carbocycles. The maximum absolute atomic E-state index is 2.51. The molecule has 1 nitrogen and oxygen atoms in total. The van der Waals surface area contributed by atoms with E-state index in [1.165, 1.54) is 86.9 Å². The monoisotopic (exact) mass is 741 g/mol. The lowest BCUT2D eigenvalue weighted by Gasteiger charge is -2.33. The maximum atomic E-state index is 2.51. The number of rotatable bonds is 5. The Morgan fingerprint density at radius 3 is 1.79 bits per heavy atom. The molecular formula is C55H35NS. The first-order chi connectivity index (χ1) is 28.3. The van der Waals surface area contributed by atoms with Gasteiger partial charge in [0.25, 0.3) is 0 Å². The first-order valence-electron chi connectivity index (χ1n) is 19.7. The summed E-state index contributed by atoms with van der Waals surface area (Å²) in [4.78, 5) is 2.45. The highest BCUT2D eigenvalue weighted by Gasteiger charge is 2.52. The number of thiophene rings is 1. The van der Waals surface area contributed by atoms with Gasteiger partial charge in [-0.3, -0.25) is 0 Å². The molecule has 0 aliphatic heterocycles. The first kappa shape index (κ1) is 32.3. The zero-order valence-corrected chi connectivity index (χ0v) is 31.9. The van der Waals surface area contributed by atoms with Gasteiger partial charge in [0.15, 0.2) is 0 Å². The van der Waals surface area contributed by atoms with E-state index in [-0.39, 0.29) is 0 Å². The smallest absolute Gasteiger partial charge is 0.0727 e. The van der Waals surface area contributed by atoms with Gasteiger partial charge >= 0.3 is 0 Å². The number of para-hydroxylation sites is 2. The predicted octanol–water partition coefficient (Wildman–Crippen LogP) is 15.2. The van der Waals surface area contributed by atoms with Crippen LogP contribution in [-0.2, 0) is 5.41 Å². The maximum Gasteiger partial charge on any atom is 0.0727 e. The molecule has 0 bridgehead atoms. The van der Waals surface area contributed by atoms with Crippen molar-refractivity contribution < 1.29 is 0 Å². The van der Waals surface area contributed by atoms with Crippen molar-refractivity contribution in [3.63, 3.8) is 0 Å². The van der Waals surface area contributed by atoms with Crippen molar-refractivity contribution in [3.05, 3.63) is 235 Å². The van der Waals surface area contributed by atoms with Gasteiger partial charge in [-0.05, 0) is 98.1 Å². The fraction of sp³-hybridized carbons (Fsp3) is 0.0182.